The Kier molecular flexibility index (Phi) is 4.14. The second kappa shape index (κ2) is 5.43. The van der Waals surface area contributed by atoms with Crippen molar-refractivity contribution in [2.24, 2.45) is 0 Å². The van der Waals surface area contributed by atoms with Gasteiger partial charge in [-0.2, -0.15) is 13.2 Å². The maximum atomic E-state index is 13.5. The van der Waals surface area contributed by atoms with Crippen LogP contribution in [-0.4, -0.2) is 25.8 Å². The third-order valence-corrected chi connectivity index (χ3v) is 3.72. The molecule has 4 nitrogen and oxygen atoms in total. The summed E-state index contributed by atoms with van der Waals surface area (Å²) in [7, 11) is 0.980. The first-order valence-electron chi connectivity index (χ1n) is 5.88. The summed E-state index contributed by atoms with van der Waals surface area (Å²) < 4.78 is 58.4. The minimum absolute atomic E-state index is 0.0229. The fourth-order valence-electron chi connectivity index (χ4n) is 2.30. The van der Waals surface area contributed by atoms with Gasteiger partial charge in [0.25, 0.3) is 0 Å². The summed E-state index contributed by atoms with van der Waals surface area (Å²) in [5.74, 6) is -2.13. The SMILES string of the molecule is COC(=O)c1c(C2(C(F)(F)F)CCNN2)ccc(F)c1Cl. The van der Waals surface area contributed by atoms with Gasteiger partial charge in [0.05, 0.1) is 17.7 Å². The number of ether oxygens (including phenoxy) is 1. The Morgan fingerprint density at radius 1 is 1.43 bits per heavy atom. The van der Waals surface area contributed by atoms with Crippen LogP contribution in [0.3, 0.4) is 0 Å². The molecule has 2 rings (SSSR count). The standard InChI is InChI=1S/C12H11ClF4N2O2/c1-21-10(20)8-6(2-3-7(14)9(8)13)11(12(15,16)17)4-5-18-19-11/h2-3,18-19H,4-5H2,1H3. The Bertz CT molecular complexity index is 571. The van der Waals surface area contributed by atoms with Crippen molar-refractivity contribution in [2.45, 2.75) is 18.1 Å². The third-order valence-electron chi connectivity index (χ3n) is 3.35. The number of hydrogen-bond acceptors (Lipinski definition) is 4. The lowest BCUT2D eigenvalue weighted by Crippen LogP contribution is -2.53. The molecule has 21 heavy (non-hydrogen) atoms. The molecule has 2 N–H and O–H groups in total. The number of rotatable bonds is 2. The van der Waals surface area contributed by atoms with Crippen LogP contribution in [0.1, 0.15) is 22.3 Å². The Labute approximate surface area is 122 Å². The van der Waals surface area contributed by atoms with Crippen LogP contribution in [-0.2, 0) is 10.3 Å². The lowest BCUT2D eigenvalue weighted by molar-refractivity contribution is -0.197. The molecule has 1 atom stereocenters. The molecule has 0 aromatic heterocycles. The number of methoxy groups -OCH3 is 1. The van der Waals surface area contributed by atoms with Gasteiger partial charge < -0.3 is 4.74 Å². The number of hydrogen-bond donors (Lipinski definition) is 2. The quantitative estimate of drug-likeness (QED) is 0.648. The van der Waals surface area contributed by atoms with E-state index in [2.05, 4.69) is 15.6 Å². The first-order chi connectivity index (χ1) is 9.74. The van der Waals surface area contributed by atoms with Crippen molar-refractivity contribution in [1.82, 2.24) is 10.9 Å². The molecule has 9 heteroatoms. The van der Waals surface area contributed by atoms with Gasteiger partial charge >= 0.3 is 12.1 Å². The van der Waals surface area contributed by atoms with Crippen LogP contribution in [0.4, 0.5) is 17.6 Å². The van der Waals surface area contributed by atoms with E-state index >= 15 is 0 Å². The molecule has 116 valence electrons. The third kappa shape index (κ3) is 2.47. The van der Waals surface area contributed by atoms with E-state index in [9.17, 15) is 22.4 Å². The average molecular weight is 327 g/mol. The highest BCUT2D eigenvalue weighted by Gasteiger charge is 2.59. The second-order valence-electron chi connectivity index (χ2n) is 4.48. The van der Waals surface area contributed by atoms with E-state index in [4.69, 9.17) is 11.6 Å². The zero-order chi connectivity index (χ0) is 15.8. The topological polar surface area (TPSA) is 50.4 Å². The van der Waals surface area contributed by atoms with Crippen molar-refractivity contribution in [3.8, 4) is 0 Å². The monoisotopic (exact) mass is 326 g/mol. The Morgan fingerprint density at radius 3 is 2.57 bits per heavy atom. The first kappa shape index (κ1) is 16.0. The van der Waals surface area contributed by atoms with Crippen LogP contribution < -0.4 is 10.9 Å². The van der Waals surface area contributed by atoms with Gasteiger partial charge in [-0.1, -0.05) is 17.7 Å². The van der Waals surface area contributed by atoms with Crippen molar-refractivity contribution in [2.75, 3.05) is 13.7 Å². The van der Waals surface area contributed by atoms with E-state index in [-0.39, 0.29) is 13.0 Å². The predicted molar refractivity (Wildman–Crippen MR) is 66.2 cm³/mol. The fourth-order valence-corrected chi connectivity index (χ4v) is 2.54. The van der Waals surface area contributed by atoms with E-state index in [0.29, 0.717) is 0 Å². The second-order valence-corrected chi connectivity index (χ2v) is 4.86. The summed E-state index contributed by atoms with van der Waals surface area (Å²) in [4.78, 5) is 11.7. The maximum absolute atomic E-state index is 13.5. The molecular weight excluding hydrogens is 316 g/mol. The van der Waals surface area contributed by atoms with E-state index in [0.717, 1.165) is 19.2 Å². The normalized spacial score (nSPS) is 22.4. The van der Waals surface area contributed by atoms with Crippen LogP contribution in [0.2, 0.25) is 5.02 Å². The largest absolute Gasteiger partial charge is 0.465 e. The van der Waals surface area contributed by atoms with E-state index in [1.807, 2.05) is 0 Å². The van der Waals surface area contributed by atoms with E-state index in [1.54, 1.807) is 0 Å². The lowest BCUT2D eigenvalue weighted by Gasteiger charge is -2.33. The van der Waals surface area contributed by atoms with Crippen molar-refractivity contribution < 1.29 is 27.1 Å². The van der Waals surface area contributed by atoms with Gasteiger partial charge in [-0.05, 0) is 18.1 Å². The highest BCUT2D eigenvalue weighted by atomic mass is 35.5. The van der Waals surface area contributed by atoms with E-state index < -0.39 is 39.7 Å². The fraction of sp³-hybridized carbons (Fsp3) is 0.417. The first-order valence-corrected chi connectivity index (χ1v) is 6.26. The van der Waals surface area contributed by atoms with Crippen molar-refractivity contribution in [3.63, 3.8) is 0 Å². The zero-order valence-corrected chi connectivity index (χ0v) is 11.5. The van der Waals surface area contributed by atoms with Crippen molar-refractivity contribution >= 4 is 17.6 Å². The van der Waals surface area contributed by atoms with Crippen LogP contribution in [0.5, 0.6) is 0 Å². The van der Waals surface area contributed by atoms with Gasteiger partial charge in [0.2, 0.25) is 0 Å². The highest BCUT2D eigenvalue weighted by Crippen LogP contribution is 2.45. The molecule has 0 aliphatic carbocycles. The molecule has 0 saturated carbocycles. The maximum Gasteiger partial charge on any atom is 0.412 e. The summed E-state index contributed by atoms with van der Waals surface area (Å²) in [5.41, 5.74) is 0.867. The molecule has 1 aromatic carbocycles. The molecule has 0 radical (unpaired) electrons. The zero-order valence-electron chi connectivity index (χ0n) is 10.8. The summed E-state index contributed by atoms with van der Waals surface area (Å²) in [6, 6.07) is 1.68. The van der Waals surface area contributed by atoms with Crippen LogP contribution in [0.25, 0.3) is 0 Å². The molecule has 0 amide bonds. The number of alkyl halides is 3. The van der Waals surface area contributed by atoms with Crippen molar-refractivity contribution in [1.29, 1.82) is 0 Å². The number of esters is 1. The van der Waals surface area contributed by atoms with Gasteiger partial charge in [0.1, 0.15) is 5.82 Å². The van der Waals surface area contributed by atoms with E-state index in [1.165, 1.54) is 0 Å². The summed E-state index contributed by atoms with van der Waals surface area (Å²) in [6.45, 7) is 0.0229. The van der Waals surface area contributed by atoms with Crippen molar-refractivity contribution in [3.05, 3.63) is 34.1 Å². The molecule has 1 aliphatic heterocycles. The molecule has 0 spiro atoms. The average Bonchev–Trinajstić information content (AvgIpc) is 2.91. The molecular formula is C12H11ClF4N2O2. The van der Waals surface area contributed by atoms with Gasteiger partial charge in [0, 0.05) is 6.54 Å². The Morgan fingerprint density at radius 2 is 2.10 bits per heavy atom. The predicted octanol–water partition coefficient (Wildman–Crippen LogP) is 2.52. The number of nitrogens with one attached hydrogen (secondary N) is 2. The van der Waals surface area contributed by atoms with Gasteiger partial charge in [-0.25, -0.2) is 14.6 Å². The molecule has 1 saturated heterocycles. The number of halogens is 5. The summed E-state index contributed by atoms with van der Waals surface area (Å²) >= 11 is 5.67. The summed E-state index contributed by atoms with van der Waals surface area (Å²) in [5, 5.41) is -0.698. The minimum atomic E-state index is -4.72. The Hall–Kier alpha value is -1.38. The molecule has 1 heterocycles. The molecule has 1 fully saturated rings. The highest BCUT2D eigenvalue weighted by molar-refractivity contribution is 6.34. The Balaban J connectivity index is 2.73. The number of benzene rings is 1. The number of carbonyl (C=O) groups excluding carboxylic acids is 1. The number of carbonyl (C=O) groups is 1. The molecule has 1 aliphatic rings. The lowest BCUT2D eigenvalue weighted by atomic mass is 9.84. The smallest absolute Gasteiger partial charge is 0.412 e. The van der Waals surface area contributed by atoms with Gasteiger partial charge in [-0.15, -0.1) is 0 Å². The summed E-state index contributed by atoms with van der Waals surface area (Å²) in [6.07, 6.45) is -5.09. The van der Waals surface area contributed by atoms with Gasteiger partial charge in [-0.3, -0.25) is 5.43 Å². The molecule has 1 aromatic rings. The van der Waals surface area contributed by atoms with Crippen LogP contribution in [0.15, 0.2) is 12.1 Å². The van der Waals surface area contributed by atoms with Gasteiger partial charge in [0.15, 0.2) is 5.54 Å². The van der Waals surface area contributed by atoms with Crippen LogP contribution >= 0.6 is 11.6 Å². The molecule has 1 unspecified atom stereocenters. The molecule has 0 bridgehead atoms. The number of hydrazine groups is 1. The van der Waals surface area contributed by atoms with Crippen LogP contribution in [0, 0.1) is 5.82 Å². The minimum Gasteiger partial charge on any atom is -0.465 e.